The summed E-state index contributed by atoms with van der Waals surface area (Å²) in [7, 11) is 0. The zero-order chi connectivity index (χ0) is 99.6. The van der Waals surface area contributed by atoms with E-state index in [2.05, 4.69) is 617 Å². The van der Waals surface area contributed by atoms with Crippen molar-refractivity contribution in [3.63, 3.8) is 0 Å². The van der Waals surface area contributed by atoms with Crippen LogP contribution in [-0.4, -0.2) is 28.7 Å². The van der Waals surface area contributed by atoms with Gasteiger partial charge in [0.15, 0.2) is 0 Å². The smallest absolute Gasteiger partial charge is 0.145 e. The van der Waals surface area contributed by atoms with Crippen molar-refractivity contribution in [3.05, 3.63) is 588 Å². The van der Waals surface area contributed by atoms with Gasteiger partial charge >= 0.3 is 0 Å². The highest BCUT2D eigenvalue weighted by molar-refractivity contribution is 6.03. The van der Waals surface area contributed by atoms with Gasteiger partial charge in [0.05, 0.1) is 33.1 Å². The minimum Gasteiger partial charge on any atom is -0.311 e. The van der Waals surface area contributed by atoms with Crippen LogP contribution in [0.4, 0.5) is 51.2 Å². The number of hydrogen-bond donors (Lipinski definition) is 0. The average Bonchev–Trinajstić information content (AvgIpc) is 1.60. The molecule has 0 amide bonds. The fourth-order valence-electron chi connectivity index (χ4n) is 21.2. The van der Waals surface area contributed by atoms with Crippen molar-refractivity contribution < 1.29 is 0 Å². The summed E-state index contributed by atoms with van der Waals surface area (Å²) in [6, 6.07) is 209. The molecule has 9 nitrogen and oxygen atoms in total. The zero-order valence-corrected chi connectivity index (χ0v) is 82.0. The molecule has 28 aromatic rings. The van der Waals surface area contributed by atoms with E-state index >= 15 is 0 Å². The van der Waals surface area contributed by atoms with E-state index in [1.165, 1.54) is 109 Å². The van der Waals surface area contributed by atoms with Gasteiger partial charge in [0, 0.05) is 84.9 Å². The minimum absolute atomic E-state index is 0.913. The molecule has 0 spiro atoms. The Labute approximate surface area is 870 Å². The molecule has 3 aromatic heterocycles. The second kappa shape index (κ2) is 39.9. The Bertz CT molecular complexity index is 9740. The lowest BCUT2D eigenvalue weighted by atomic mass is 9.98. The molecule has 0 aliphatic rings. The van der Waals surface area contributed by atoms with Gasteiger partial charge in [0.25, 0.3) is 0 Å². The van der Waals surface area contributed by atoms with Gasteiger partial charge in [-0.2, -0.15) is 0 Å². The topological polar surface area (TPSA) is 63.2 Å². The molecule has 0 saturated carbocycles. The average molecular weight is 1920 g/mol. The summed E-state index contributed by atoms with van der Waals surface area (Å²) in [6.45, 7) is 0. The molecule has 0 unspecified atom stereocenters. The molecule has 706 valence electrons. The van der Waals surface area contributed by atoms with E-state index < -0.39 is 0 Å². The second-order valence-corrected chi connectivity index (χ2v) is 37.9. The number of rotatable bonds is 19. The van der Waals surface area contributed by atoms with E-state index in [-0.39, 0.29) is 0 Å². The molecule has 9 heteroatoms. The molecule has 0 bridgehead atoms. The van der Waals surface area contributed by atoms with Gasteiger partial charge in [0.2, 0.25) is 0 Å². The maximum Gasteiger partial charge on any atom is 0.145 e. The molecule has 0 aliphatic heterocycles. The van der Waals surface area contributed by atoms with Gasteiger partial charge in [-0.25, -0.2) is 15.0 Å². The van der Waals surface area contributed by atoms with Gasteiger partial charge < -0.3 is 14.7 Å². The number of benzene rings is 25. The molecule has 150 heavy (non-hydrogen) atoms. The van der Waals surface area contributed by atoms with Crippen LogP contribution in [0.5, 0.6) is 0 Å². The normalized spacial score (nSPS) is 11.3. The van der Waals surface area contributed by atoms with Crippen LogP contribution in [0.1, 0.15) is 0 Å². The Morgan fingerprint density at radius 1 is 0.133 bits per heavy atom. The summed E-state index contributed by atoms with van der Waals surface area (Å²) >= 11 is 0. The van der Waals surface area contributed by atoms with E-state index in [1.54, 1.807) is 0 Å². The highest BCUT2D eigenvalue weighted by Crippen LogP contribution is 2.46. The third kappa shape index (κ3) is 17.8. The SMILES string of the molecule is c1ccc(-c2ccc(N(c3ccc(-c4ccc5ccccc5c4)cc3)c3ccc(-c4nc5cc6ccccc6cc5n4-c4ccccc4)cc3)cc2)cc1.c1ccc(N(c2ccc(-c3ccc4ccccc4c3)cc2)c2ccc(-c3nc4cc5ccccc5cc4n3-c3ccccc3)cc2)cc1.c1ccc(N(c2ccc(-c3cccc4ccccc34)cc2)c2ccc(-c3nc4cc5ccccc5cc4n3-c3ccccc3)cc2)cc1. The molecule has 0 radical (unpaired) electrons. The number of imidazole rings is 3. The molecule has 0 aliphatic carbocycles. The van der Waals surface area contributed by atoms with Crippen LogP contribution >= 0.6 is 0 Å². The molecule has 0 fully saturated rings. The molecule has 28 rings (SSSR count). The van der Waals surface area contributed by atoms with Gasteiger partial charge in [0.1, 0.15) is 17.5 Å². The first kappa shape index (κ1) is 89.9. The largest absolute Gasteiger partial charge is 0.311 e. The van der Waals surface area contributed by atoms with E-state index in [9.17, 15) is 0 Å². The Balaban J connectivity index is 0.000000114. The van der Waals surface area contributed by atoms with Crippen LogP contribution in [0.3, 0.4) is 0 Å². The Morgan fingerprint density at radius 2 is 0.347 bits per heavy atom. The van der Waals surface area contributed by atoms with Crippen LogP contribution in [0.25, 0.3) is 193 Å². The lowest BCUT2D eigenvalue weighted by Gasteiger charge is -2.26. The van der Waals surface area contributed by atoms with Crippen LogP contribution in [0.2, 0.25) is 0 Å². The van der Waals surface area contributed by atoms with E-state index in [4.69, 9.17) is 15.0 Å². The monoisotopic (exact) mass is 1920 g/mol. The number of hydrogen-bond acceptors (Lipinski definition) is 6. The summed E-state index contributed by atoms with van der Waals surface area (Å²) in [5.41, 5.74) is 32.1. The maximum absolute atomic E-state index is 5.25. The Kier molecular flexibility index (Phi) is 23.9. The molecular formula is C141H97N9. The molecule has 25 aromatic carbocycles. The minimum atomic E-state index is 0.913. The summed E-state index contributed by atoms with van der Waals surface area (Å²) in [5.74, 6) is 2.75. The number of para-hydroxylation sites is 5. The maximum atomic E-state index is 5.25. The van der Waals surface area contributed by atoms with Crippen LogP contribution in [-0.2, 0) is 0 Å². The summed E-state index contributed by atoms with van der Waals surface area (Å²) in [6.07, 6.45) is 0. The van der Waals surface area contributed by atoms with Crippen LogP contribution < -0.4 is 14.7 Å². The highest BCUT2D eigenvalue weighted by atomic mass is 15.2. The second-order valence-electron chi connectivity index (χ2n) is 37.9. The fourth-order valence-corrected chi connectivity index (χ4v) is 21.2. The lowest BCUT2D eigenvalue weighted by Crippen LogP contribution is -2.10. The highest BCUT2D eigenvalue weighted by Gasteiger charge is 2.25. The van der Waals surface area contributed by atoms with Crippen molar-refractivity contribution in [2.75, 3.05) is 14.7 Å². The third-order valence-corrected chi connectivity index (χ3v) is 28.7. The third-order valence-electron chi connectivity index (χ3n) is 28.7. The van der Waals surface area contributed by atoms with E-state index in [1.807, 2.05) is 0 Å². The standard InChI is InChI=1S/C51H35N3.2C45H31N3/c1-3-11-36(12-4-1)38-21-27-46(28-22-38)53(47-29-23-39(24-30-47)44-20-19-37-13-7-8-14-41(37)33-44)48-31-25-40(26-32-48)51-52-49-34-42-15-9-10-16-43(42)35-50(49)54(51)45-17-5-2-6-18-45;1-3-16-37(17-4-1)47(39-26-22-33(23-27-39)42-21-11-15-32-12-9-10-20-41(32)42)40-28-24-34(25-29-40)45-46-43-30-35-13-7-8-14-36(35)31-44(43)48(45)38-18-5-2-6-19-38;1-3-15-39(16-4-1)47(41-25-21-33(22-26-41)38-20-19-32-11-7-8-12-35(32)29-38)42-27-23-34(24-28-42)45-46-43-30-36-13-9-10-14-37(36)31-44(43)48(45)40-17-5-2-6-18-40/h1-35H;2*1-31H. The van der Waals surface area contributed by atoms with Crippen LogP contribution in [0, 0.1) is 0 Å². The van der Waals surface area contributed by atoms with E-state index in [0.29, 0.717) is 0 Å². The number of nitrogens with zero attached hydrogens (tertiary/aromatic N) is 9. The predicted octanol–water partition coefficient (Wildman–Crippen LogP) is 38.1. The van der Waals surface area contributed by atoms with E-state index in [0.717, 1.165) is 136 Å². The first-order valence-electron chi connectivity index (χ1n) is 51.0. The van der Waals surface area contributed by atoms with Crippen molar-refractivity contribution in [2.45, 2.75) is 0 Å². The van der Waals surface area contributed by atoms with Crippen molar-refractivity contribution in [2.24, 2.45) is 0 Å². The van der Waals surface area contributed by atoms with Crippen molar-refractivity contribution in [3.8, 4) is 95.7 Å². The van der Waals surface area contributed by atoms with Gasteiger partial charge in [-0.3, -0.25) is 13.7 Å². The Morgan fingerprint density at radius 3 is 0.660 bits per heavy atom. The van der Waals surface area contributed by atoms with Crippen molar-refractivity contribution >= 4 is 149 Å². The summed E-state index contributed by atoms with van der Waals surface area (Å²) in [5, 5.41) is 14.7. The molecular weight excluding hydrogens is 1820 g/mol. The number of anilines is 9. The lowest BCUT2D eigenvalue weighted by molar-refractivity contribution is 1.10. The molecule has 3 heterocycles. The number of fused-ring (bicyclic) bond motifs is 9. The Hall–Kier alpha value is -20.1. The van der Waals surface area contributed by atoms with Gasteiger partial charge in [-0.05, 0) is 340 Å². The van der Waals surface area contributed by atoms with Gasteiger partial charge in [-0.15, -0.1) is 0 Å². The van der Waals surface area contributed by atoms with Gasteiger partial charge in [-0.1, -0.05) is 358 Å². The fraction of sp³-hybridized carbons (Fsp3) is 0. The van der Waals surface area contributed by atoms with Crippen molar-refractivity contribution in [1.29, 1.82) is 0 Å². The molecule has 0 atom stereocenters. The van der Waals surface area contributed by atoms with Crippen molar-refractivity contribution in [1.82, 2.24) is 28.7 Å². The summed E-state index contributed by atoms with van der Waals surface area (Å²) in [4.78, 5) is 22.6. The predicted molar refractivity (Wildman–Crippen MR) is 630 cm³/mol. The summed E-state index contributed by atoms with van der Waals surface area (Å²) < 4.78 is 6.83. The first-order chi connectivity index (χ1) is 74.3. The number of aromatic nitrogens is 6. The first-order valence-corrected chi connectivity index (χ1v) is 51.0. The molecule has 0 saturated heterocycles. The quantitative estimate of drug-likeness (QED) is 0.0804. The molecule has 0 N–H and O–H groups in total. The zero-order valence-electron chi connectivity index (χ0n) is 82.0. The van der Waals surface area contributed by atoms with Crippen LogP contribution in [0.15, 0.2) is 588 Å².